The first-order chi connectivity index (χ1) is 7.66. The van der Waals surface area contributed by atoms with Crippen molar-refractivity contribution in [1.29, 1.82) is 0 Å². The van der Waals surface area contributed by atoms with Gasteiger partial charge in [-0.05, 0) is 18.4 Å². The second-order valence-corrected chi connectivity index (χ2v) is 4.43. The average molecular weight is 223 g/mol. The molecule has 5 nitrogen and oxygen atoms in total. The van der Waals surface area contributed by atoms with Gasteiger partial charge in [0.1, 0.15) is 0 Å². The highest BCUT2D eigenvalue weighted by Gasteiger charge is 2.27. The van der Waals surface area contributed by atoms with Gasteiger partial charge in [0.05, 0.1) is 12.5 Å². The van der Waals surface area contributed by atoms with E-state index in [4.69, 9.17) is 0 Å². The number of rotatable bonds is 2. The summed E-state index contributed by atoms with van der Waals surface area (Å²) >= 11 is 0. The third-order valence-corrected chi connectivity index (χ3v) is 3.17. The topological polar surface area (TPSA) is 69.2 Å². The number of hydrogen-bond acceptors (Lipinski definition) is 3. The van der Waals surface area contributed by atoms with Crippen LogP contribution in [0, 0.1) is 5.92 Å². The van der Waals surface area contributed by atoms with Crippen molar-refractivity contribution in [3.63, 3.8) is 0 Å². The molecule has 0 aliphatic carbocycles. The lowest BCUT2D eigenvalue weighted by Crippen LogP contribution is -2.46. The second-order valence-electron chi connectivity index (χ2n) is 4.43. The Morgan fingerprint density at radius 1 is 1.75 bits per heavy atom. The summed E-state index contributed by atoms with van der Waals surface area (Å²) in [5, 5.41) is 16.3. The van der Waals surface area contributed by atoms with Crippen molar-refractivity contribution in [2.24, 2.45) is 5.92 Å². The number of nitrogens with zero attached hydrogens (tertiary/aromatic N) is 2. The van der Waals surface area contributed by atoms with Crippen molar-refractivity contribution >= 4 is 5.91 Å². The molecule has 88 valence electrons. The number of aliphatic hydroxyl groups is 1. The second kappa shape index (κ2) is 4.65. The van der Waals surface area contributed by atoms with E-state index in [1.54, 1.807) is 17.2 Å². The smallest absolute Gasteiger partial charge is 0.228 e. The van der Waals surface area contributed by atoms with Crippen LogP contribution >= 0.6 is 0 Å². The Hall–Kier alpha value is -1.36. The summed E-state index contributed by atoms with van der Waals surface area (Å²) in [5.41, 5.74) is 0.818. The van der Waals surface area contributed by atoms with E-state index in [1.807, 2.05) is 6.92 Å². The number of carbonyl (C=O) groups is 1. The van der Waals surface area contributed by atoms with Crippen LogP contribution in [0.5, 0.6) is 0 Å². The zero-order valence-electron chi connectivity index (χ0n) is 9.39. The van der Waals surface area contributed by atoms with Gasteiger partial charge in [-0.3, -0.25) is 9.89 Å². The standard InChI is InChI=1S/C11H17N3O2/c1-8-3-5-14(7-10(8)15)11(16)6-9-2-4-12-13-9/h2,4,8,10,15H,3,5-7H2,1H3,(H,12,13). The first kappa shape index (κ1) is 11.1. The predicted molar refractivity (Wildman–Crippen MR) is 58.7 cm³/mol. The van der Waals surface area contributed by atoms with E-state index in [1.165, 1.54) is 0 Å². The van der Waals surface area contributed by atoms with Crippen LogP contribution in [-0.2, 0) is 11.2 Å². The number of piperidine rings is 1. The Balaban J connectivity index is 1.90. The number of likely N-dealkylation sites (tertiary alicyclic amines) is 1. The average Bonchev–Trinajstić information content (AvgIpc) is 2.74. The molecule has 2 heterocycles. The van der Waals surface area contributed by atoms with E-state index in [9.17, 15) is 9.90 Å². The molecule has 2 rings (SSSR count). The lowest BCUT2D eigenvalue weighted by molar-refractivity contribution is -0.134. The quantitative estimate of drug-likeness (QED) is 0.751. The molecule has 5 heteroatoms. The predicted octanol–water partition coefficient (Wildman–Crippen LogP) is 0.181. The summed E-state index contributed by atoms with van der Waals surface area (Å²) in [6.45, 7) is 3.21. The van der Waals surface area contributed by atoms with Crippen molar-refractivity contribution in [2.45, 2.75) is 25.9 Å². The van der Waals surface area contributed by atoms with Gasteiger partial charge in [0.15, 0.2) is 0 Å². The van der Waals surface area contributed by atoms with Crippen LogP contribution in [0.3, 0.4) is 0 Å². The minimum Gasteiger partial charge on any atom is -0.391 e. The van der Waals surface area contributed by atoms with Gasteiger partial charge in [-0.25, -0.2) is 0 Å². The van der Waals surface area contributed by atoms with Crippen LogP contribution in [0.25, 0.3) is 0 Å². The molecular weight excluding hydrogens is 206 g/mol. The van der Waals surface area contributed by atoms with Crippen LogP contribution in [0.4, 0.5) is 0 Å². The molecule has 2 atom stereocenters. The fourth-order valence-corrected chi connectivity index (χ4v) is 1.93. The Morgan fingerprint density at radius 3 is 3.19 bits per heavy atom. The van der Waals surface area contributed by atoms with Gasteiger partial charge in [0, 0.05) is 25.0 Å². The summed E-state index contributed by atoms with van der Waals surface area (Å²) in [5.74, 6) is 0.339. The Bertz CT molecular complexity index is 350. The van der Waals surface area contributed by atoms with Crippen LogP contribution in [0.1, 0.15) is 19.0 Å². The van der Waals surface area contributed by atoms with Gasteiger partial charge in [-0.1, -0.05) is 6.92 Å². The highest BCUT2D eigenvalue weighted by Crippen LogP contribution is 2.17. The normalized spacial score (nSPS) is 25.8. The molecule has 1 fully saturated rings. The largest absolute Gasteiger partial charge is 0.391 e. The van der Waals surface area contributed by atoms with Crippen LogP contribution in [0.15, 0.2) is 12.3 Å². The lowest BCUT2D eigenvalue weighted by Gasteiger charge is -2.34. The van der Waals surface area contributed by atoms with Gasteiger partial charge in [0.2, 0.25) is 5.91 Å². The van der Waals surface area contributed by atoms with E-state index in [0.29, 0.717) is 13.0 Å². The molecular formula is C11H17N3O2. The Labute approximate surface area is 94.5 Å². The summed E-state index contributed by atoms with van der Waals surface area (Å²) < 4.78 is 0. The number of carbonyl (C=O) groups excluding carboxylic acids is 1. The molecule has 0 saturated carbocycles. The molecule has 2 unspecified atom stereocenters. The van der Waals surface area contributed by atoms with Gasteiger partial charge < -0.3 is 10.0 Å². The molecule has 1 aliphatic heterocycles. The first-order valence-corrected chi connectivity index (χ1v) is 5.61. The number of β-amino-alcohol motifs (C(OH)–C–C–N with tert-alkyl or cyclic N) is 1. The first-order valence-electron chi connectivity index (χ1n) is 5.61. The van der Waals surface area contributed by atoms with E-state index >= 15 is 0 Å². The SMILES string of the molecule is CC1CCN(C(=O)Cc2ccn[nH]2)CC1O. The van der Waals surface area contributed by atoms with Crippen LogP contribution in [0.2, 0.25) is 0 Å². The van der Waals surface area contributed by atoms with Gasteiger partial charge >= 0.3 is 0 Å². The van der Waals surface area contributed by atoms with Crippen LogP contribution in [-0.4, -0.2) is 45.3 Å². The monoisotopic (exact) mass is 223 g/mol. The maximum Gasteiger partial charge on any atom is 0.228 e. The van der Waals surface area contributed by atoms with Crippen molar-refractivity contribution in [3.8, 4) is 0 Å². The van der Waals surface area contributed by atoms with Gasteiger partial charge in [-0.15, -0.1) is 0 Å². The number of aliphatic hydroxyl groups excluding tert-OH is 1. The third-order valence-electron chi connectivity index (χ3n) is 3.17. The van der Waals surface area contributed by atoms with E-state index in [0.717, 1.165) is 18.7 Å². The van der Waals surface area contributed by atoms with E-state index in [-0.39, 0.29) is 17.9 Å². The minimum absolute atomic E-state index is 0.0511. The number of amides is 1. The summed E-state index contributed by atoms with van der Waals surface area (Å²) in [7, 11) is 0. The summed E-state index contributed by atoms with van der Waals surface area (Å²) in [4.78, 5) is 13.6. The minimum atomic E-state index is -0.389. The molecule has 0 bridgehead atoms. The molecule has 16 heavy (non-hydrogen) atoms. The number of aromatic nitrogens is 2. The molecule has 0 radical (unpaired) electrons. The van der Waals surface area contributed by atoms with Gasteiger partial charge in [0.25, 0.3) is 0 Å². The Kier molecular flexibility index (Phi) is 3.24. The van der Waals surface area contributed by atoms with Crippen molar-refractivity contribution in [3.05, 3.63) is 18.0 Å². The number of nitrogens with one attached hydrogen (secondary N) is 1. The van der Waals surface area contributed by atoms with E-state index < -0.39 is 0 Å². The molecule has 1 aliphatic rings. The molecule has 1 saturated heterocycles. The molecule has 1 aromatic rings. The van der Waals surface area contributed by atoms with Gasteiger partial charge in [-0.2, -0.15) is 5.10 Å². The molecule has 1 aromatic heterocycles. The fraction of sp³-hybridized carbons (Fsp3) is 0.636. The molecule has 0 spiro atoms. The van der Waals surface area contributed by atoms with Crippen molar-refractivity contribution in [2.75, 3.05) is 13.1 Å². The van der Waals surface area contributed by atoms with Crippen LogP contribution < -0.4 is 0 Å². The molecule has 0 aromatic carbocycles. The summed E-state index contributed by atoms with van der Waals surface area (Å²) in [6.07, 6.45) is 2.45. The summed E-state index contributed by atoms with van der Waals surface area (Å²) in [6, 6.07) is 1.79. The maximum atomic E-state index is 11.9. The van der Waals surface area contributed by atoms with Crippen molar-refractivity contribution < 1.29 is 9.90 Å². The third kappa shape index (κ3) is 2.41. The highest BCUT2D eigenvalue weighted by molar-refractivity contribution is 5.78. The number of H-pyrrole nitrogens is 1. The molecule has 2 N–H and O–H groups in total. The number of hydrogen-bond donors (Lipinski definition) is 2. The van der Waals surface area contributed by atoms with E-state index in [2.05, 4.69) is 10.2 Å². The lowest BCUT2D eigenvalue weighted by atomic mass is 9.96. The number of aromatic amines is 1. The highest BCUT2D eigenvalue weighted by atomic mass is 16.3. The zero-order valence-corrected chi connectivity index (χ0v) is 9.39. The Morgan fingerprint density at radius 2 is 2.56 bits per heavy atom. The molecule has 1 amide bonds. The maximum absolute atomic E-state index is 11.9. The zero-order chi connectivity index (χ0) is 11.5. The fourth-order valence-electron chi connectivity index (χ4n) is 1.93. The van der Waals surface area contributed by atoms with Crippen molar-refractivity contribution in [1.82, 2.24) is 15.1 Å².